The molecule has 4 amide bonds. The average Bonchev–Trinajstić information content (AvgIpc) is 3.98. The van der Waals surface area contributed by atoms with Crippen LogP contribution in [0.4, 0.5) is 42.6 Å². The molecule has 68 heavy (non-hydrogen) atoms. The Labute approximate surface area is 407 Å². The number of amides is 4. The molecule has 0 saturated carbocycles. The second-order valence-electron chi connectivity index (χ2n) is 16.3. The van der Waals surface area contributed by atoms with E-state index in [9.17, 15) is 27.6 Å². The molecule has 20 heteroatoms. The highest BCUT2D eigenvalue weighted by Gasteiger charge is 2.21. The zero-order chi connectivity index (χ0) is 48.2. The fourth-order valence-electron chi connectivity index (χ4n) is 7.58. The minimum Gasteiger partial charge on any atom is -0.478 e. The Balaban J connectivity index is 0.000000202. The molecule has 0 aliphatic carbocycles. The Morgan fingerprint density at radius 1 is 0.603 bits per heavy atom. The van der Waals surface area contributed by atoms with Crippen LogP contribution in [0.3, 0.4) is 0 Å². The van der Waals surface area contributed by atoms with Gasteiger partial charge in [-0.1, -0.05) is 12.1 Å². The number of carboxylic acid groups (broad SMARTS) is 2. The smallest absolute Gasteiger partial charge is 0.335 e. The van der Waals surface area contributed by atoms with Crippen molar-refractivity contribution in [3.05, 3.63) is 129 Å². The summed E-state index contributed by atoms with van der Waals surface area (Å²) in [7, 11) is -3.70. The van der Waals surface area contributed by atoms with Gasteiger partial charge in [0.25, 0.3) is 0 Å². The summed E-state index contributed by atoms with van der Waals surface area (Å²) in [6, 6.07) is 23.0. The van der Waals surface area contributed by atoms with Crippen LogP contribution in [0.15, 0.2) is 107 Å². The molecule has 2 fully saturated rings. The summed E-state index contributed by atoms with van der Waals surface area (Å²) in [6.45, 7) is 7.99. The number of hydrogen-bond acceptors (Lipinski definition) is 13. The Morgan fingerprint density at radius 3 is 1.51 bits per heavy atom. The molecule has 4 aromatic carbocycles. The number of aromatic carboxylic acids is 2. The van der Waals surface area contributed by atoms with Gasteiger partial charge in [0.2, 0.25) is 0 Å². The van der Waals surface area contributed by atoms with Gasteiger partial charge in [0.1, 0.15) is 0 Å². The SMILES string of the molecule is Cc1ccc(NC(=O)Nc2ncc(CS(=O)(=O)c3ccc(C(=O)O)cc3)s2)c(N2CCCCC2)c1.Cc1ccc(NC(=O)Nc2ncc(CSc3ccc(C(=O)O)cc3)s2)c(N2CCCCC2)c1. The van der Waals surface area contributed by atoms with Crippen LogP contribution < -0.4 is 31.1 Å². The van der Waals surface area contributed by atoms with Crippen LogP contribution in [0.2, 0.25) is 0 Å². The maximum absolute atomic E-state index is 12.7. The summed E-state index contributed by atoms with van der Waals surface area (Å²) in [5, 5.41) is 30.2. The normalized spacial score (nSPS) is 13.7. The van der Waals surface area contributed by atoms with Crippen molar-refractivity contribution >= 4 is 101 Å². The second kappa shape index (κ2) is 23.0. The lowest BCUT2D eigenvalue weighted by Crippen LogP contribution is -2.31. The van der Waals surface area contributed by atoms with E-state index in [1.807, 2.05) is 31.2 Å². The molecule has 6 aromatic rings. The largest absolute Gasteiger partial charge is 0.478 e. The molecular weight excluding hydrogens is 945 g/mol. The summed E-state index contributed by atoms with van der Waals surface area (Å²) >= 11 is 4.09. The van der Waals surface area contributed by atoms with E-state index in [4.69, 9.17) is 10.2 Å². The molecule has 16 nitrogen and oxygen atoms in total. The van der Waals surface area contributed by atoms with Crippen molar-refractivity contribution in [1.29, 1.82) is 0 Å². The topological polar surface area (TPSA) is 223 Å². The lowest BCUT2D eigenvalue weighted by molar-refractivity contribution is 0.0686. The summed E-state index contributed by atoms with van der Waals surface area (Å²) in [6.07, 6.45) is 10.2. The van der Waals surface area contributed by atoms with Gasteiger partial charge in [-0.15, -0.1) is 34.4 Å². The van der Waals surface area contributed by atoms with E-state index in [0.29, 0.717) is 21.4 Å². The number of hydrogen-bond donors (Lipinski definition) is 6. The number of sulfone groups is 1. The van der Waals surface area contributed by atoms with Crippen molar-refractivity contribution in [3.8, 4) is 0 Å². The van der Waals surface area contributed by atoms with Crippen molar-refractivity contribution in [2.45, 2.75) is 73.7 Å². The van der Waals surface area contributed by atoms with Crippen LogP contribution >= 0.6 is 34.4 Å². The Kier molecular flexibility index (Phi) is 16.7. The number of aromatic nitrogens is 2. The van der Waals surface area contributed by atoms with Gasteiger partial charge in [0.15, 0.2) is 20.1 Å². The van der Waals surface area contributed by atoms with E-state index in [0.717, 1.165) is 82.8 Å². The molecular formula is C48H52N8O8S4. The zero-order valence-electron chi connectivity index (χ0n) is 37.5. The molecule has 0 spiro atoms. The first-order chi connectivity index (χ1) is 32.7. The van der Waals surface area contributed by atoms with Crippen molar-refractivity contribution < 1.29 is 37.8 Å². The number of nitrogens with zero attached hydrogens (tertiary/aromatic N) is 4. The molecule has 356 valence electrons. The van der Waals surface area contributed by atoms with Gasteiger partial charge in [0, 0.05) is 59.0 Å². The minimum absolute atomic E-state index is 0.0104. The standard InChI is InChI=1S/C24H26N4O5S2.C24H26N4O3S2/c1-16-5-10-20(21(13-16)28-11-3-2-4-12-28)26-23(31)27-24-25-14-18(34-24)15-35(32,33)19-8-6-17(7-9-19)22(29)30;1-16-5-10-20(21(13-16)28-11-3-2-4-12-28)26-23(31)27-24-25-14-19(33-24)15-32-18-8-6-17(7-9-18)22(29)30/h5-10,13-14H,2-4,11-12,15H2,1H3,(H,29,30)(H2,25,26,27,31);5-10,13-14H,2-4,11-12,15H2,1H3,(H,29,30)(H2,25,26,27,31). The fourth-order valence-corrected chi connectivity index (χ4v) is 11.8. The average molecular weight is 997 g/mol. The number of carbonyl (C=O) groups excluding carboxylic acids is 2. The first kappa shape index (κ1) is 49.4. The van der Waals surface area contributed by atoms with Gasteiger partial charge in [-0.2, -0.15) is 0 Å². The molecule has 2 saturated heterocycles. The fraction of sp³-hybridized carbons (Fsp3) is 0.292. The van der Waals surface area contributed by atoms with Gasteiger partial charge in [0.05, 0.1) is 44.5 Å². The van der Waals surface area contributed by atoms with E-state index >= 15 is 0 Å². The highest BCUT2D eigenvalue weighted by atomic mass is 32.2. The molecule has 0 atom stereocenters. The number of anilines is 6. The number of benzene rings is 4. The Morgan fingerprint density at radius 2 is 1.04 bits per heavy atom. The van der Waals surface area contributed by atoms with Gasteiger partial charge in [-0.3, -0.25) is 10.6 Å². The molecule has 6 N–H and O–H groups in total. The van der Waals surface area contributed by atoms with Crippen molar-refractivity contribution in [1.82, 2.24) is 9.97 Å². The van der Waals surface area contributed by atoms with Gasteiger partial charge < -0.3 is 30.6 Å². The van der Waals surface area contributed by atoms with E-state index in [-0.39, 0.29) is 32.9 Å². The number of urea groups is 2. The molecule has 0 unspecified atom stereocenters. The highest BCUT2D eigenvalue weighted by Crippen LogP contribution is 2.33. The molecule has 4 heterocycles. The Hall–Kier alpha value is -6.48. The number of carbonyl (C=O) groups is 4. The number of nitrogens with one attached hydrogen (secondary N) is 4. The third kappa shape index (κ3) is 13.8. The first-order valence-corrected chi connectivity index (χ1v) is 26.2. The summed E-state index contributed by atoms with van der Waals surface area (Å²) in [5.74, 6) is -1.68. The third-order valence-electron chi connectivity index (χ3n) is 11.0. The predicted octanol–water partition coefficient (Wildman–Crippen LogP) is 10.8. The number of carboxylic acids is 2. The van der Waals surface area contributed by atoms with Crippen LogP contribution in [0.25, 0.3) is 0 Å². The van der Waals surface area contributed by atoms with Gasteiger partial charge in [-0.05, 0) is 136 Å². The number of aryl methyl sites for hydroxylation is 2. The van der Waals surface area contributed by atoms with E-state index < -0.39 is 27.8 Å². The maximum Gasteiger partial charge on any atom is 0.335 e. The second-order valence-corrected chi connectivity index (χ2v) is 21.5. The lowest BCUT2D eigenvalue weighted by Gasteiger charge is -2.30. The first-order valence-electron chi connectivity index (χ1n) is 22.0. The summed E-state index contributed by atoms with van der Waals surface area (Å²) in [5.41, 5.74) is 6.12. The van der Waals surface area contributed by atoms with E-state index in [1.165, 1.54) is 73.0 Å². The monoisotopic (exact) mass is 996 g/mol. The van der Waals surface area contributed by atoms with Gasteiger partial charge in [-0.25, -0.2) is 37.6 Å². The van der Waals surface area contributed by atoms with Crippen molar-refractivity contribution in [3.63, 3.8) is 0 Å². The minimum atomic E-state index is -3.70. The van der Waals surface area contributed by atoms with Crippen LogP contribution in [-0.2, 0) is 21.3 Å². The Bertz CT molecular complexity index is 2840. The molecule has 2 aromatic heterocycles. The number of thioether (sulfide) groups is 1. The van der Waals surface area contributed by atoms with Crippen molar-refractivity contribution in [2.24, 2.45) is 0 Å². The molecule has 2 aliphatic rings. The van der Waals surface area contributed by atoms with Crippen LogP contribution in [0, 0.1) is 13.8 Å². The number of piperidine rings is 2. The van der Waals surface area contributed by atoms with E-state index in [1.54, 1.807) is 42.2 Å². The van der Waals surface area contributed by atoms with Crippen LogP contribution in [0.5, 0.6) is 0 Å². The van der Waals surface area contributed by atoms with Crippen LogP contribution in [0.1, 0.15) is 80.1 Å². The quantitative estimate of drug-likeness (QED) is 0.0560. The van der Waals surface area contributed by atoms with Crippen molar-refractivity contribution in [2.75, 3.05) is 57.2 Å². The summed E-state index contributed by atoms with van der Waals surface area (Å²) in [4.78, 5) is 62.8. The van der Waals surface area contributed by atoms with Gasteiger partial charge >= 0.3 is 24.0 Å². The molecule has 0 radical (unpaired) electrons. The third-order valence-corrected chi connectivity index (χ3v) is 16.0. The lowest BCUT2D eigenvalue weighted by atomic mass is 10.1. The predicted molar refractivity (Wildman–Crippen MR) is 271 cm³/mol. The highest BCUT2D eigenvalue weighted by molar-refractivity contribution is 7.98. The number of thiazole rings is 2. The summed E-state index contributed by atoms with van der Waals surface area (Å²) < 4.78 is 25.4. The molecule has 0 bridgehead atoms. The maximum atomic E-state index is 12.7. The van der Waals surface area contributed by atoms with E-state index in [2.05, 4.69) is 60.1 Å². The zero-order valence-corrected chi connectivity index (χ0v) is 40.8. The molecule has 2 aliphatic heterocycles. The molecule has 8 rings (SSSR count). The van der Waals surface area contributed by atoms with Crippen LogP contribution in [-0.4, -0.2) is 78.8 Å². The number of rotatable bonds is 14.